The van der Waals surface area contributed by atoms with Gasteiger partial charge in [0, 0.05) is 24.2 Å². The first-order valence-corrected chi connectivity index (χ1v) is 11.7. The van der Waals surface area contributed by atoms with E-state index in [9.17, 15) is 9.59 Å². The lowest BCUT2D eigenvalue weighted by atomic mass is 9.79. The molecule has 1 saturated carbocycles. The standard InChI is InChI=1S/C23H32N4O2S/c1-2-27-21(29)18-10-9-17(15-19(18)25-22(27)30)20(28)24-16-23(11-5-3-6-12-23)26-13-7-4-8-14-26/h9-10,15H,2-8,11-14,16H2,1H3,(H,24,28)(H,25,30). The van der Waals surface area contributed by atoms with Crippen molar-refractivity contribution >= 4 is 29.0 Å². The zero-order chi connectivity index (χ0) is 21.1. The third-order valence-corrected chi connectivity index (χ3v) is 7.27. The van der Waals surface area contributed by atoms with E-state index in [2.05, 4.69) is 15.2 Å². The molecule has 2 aromatic rings. The smallest absolute Gasteiger partial charge is 0.262 e. The number of nitrogens with one attached hydrogen (secondary N) is 2. The predicted octanol–water partition coefficient (Wildman–Crippen LogP) is 4.00. The number of aromatic amines is 1. The molecule has 2 aliphatic rings. The summed E-state index contributed by atoms with van der Waals surface area (Å²) in [6.45, 7) is 5.39. The first kappa shape index (κ1) is 21.2. The maximum atomic E-state index is 13.0. The number of carbonyl (C=O) groups excluding carboxylic acids is 1. The summed E-state index contributed by atoms with van der Waals surface area (Å²) in [5, 5.41) is 3.77. The van der Waals surface area contributed by atoms with E-state index in [-0.39, 0.29) is 17.0 Å². The molecule has 0 spiro atoms. The molecule has 1 aliphatic heterocycles. The number of carbonyl (C=O) groups is 1. The van der Waals surface area contributed by atoms with Crippen molar-refractivity contribution in [2.24, 2.45) is 0 Å². The van der Waals surface area contributed by atoms with Crippen molar-refractivity contribution in [3.63, 3.8) is 0 Å². The minimum Gasteiger partial charge on any atom is -0.350 e. The zero-order valence-electron chi connectivity index (χ0n) is 17.8. The molecule has 0 unspecified atom stereocenters. The molecule has 2 heterocycles. The lowest BCUT2D eigenvalue weighted by molar-refractivity contribution is 0.0326. The van der Waals surface area contributed by atoms with Crippen molar-refractivity contribution in [1.82, 2.24) is 19.8 Å². The highest BCUT2D eigenvalue weighted by Crippen LogP contribution is 2.35. The molecule has 162 valence electrons. The molecule has 1 amide bonds. The molecular weight excluding hydrogens is 396 g/mol. The quantitative estimate of drug-likeness (QED) is 0.707. The fourth-order valence-electron chi connectivity index (χ4n) is 5.21. The first-order chi connectivity index (χ1) is 14.5. The molecule has 2 fully saturated rings. The van der Waals surface area contributed by atoms with Crippen molar-refractivity contribution in [2.45, 2.75) is 70.4 Å². The Hall–Kier alpha value is -1.99. The molecule has 1 aromatic carbocycles. The summed E-state index contributed by atoms with van der Waals surface area (Å²) in [6.07, 6.45) is 9.93. The summed E-state index contributed by atoms with van der Waals surface area (Å²) in [5.41, 5.74) is 1.16. The lowest BCUT2D eigenvalue weighted by Gasteiger charge is -2.48. The number of piperidine rings is 1. The molecule has 1 aliphatic carbocycles. The number of aromatic nitrogens is 2. The van der Waals surface area contributed by atoms with Crippen molar-refractivity contribution in [3.05, 3.63) is 38.9 Å². The van der Waals surface area contributed by atoms with Crippen molar-refractivity contribution < 1.29 is 4.79 Å². The van der Waals surface area contributed by atoms with Crippen LogP contribution in [0.5, 0.6) is 0 Å². The van der Waals surface area contributed by atoms with Crippen LogP contribution in [0.1, 0.15) is 68.6 Å². The number of hydrogen-bond acceptors (Lipinski definition) is 4. The molecule has 0 radical (unpaired) electrons. The van der Waals surface area contributed by atoms with E-state index in [4.69, 9.17) is 12.2 Å². The molecule has 4 rings (SSSR count). The van der Waals surface area contributed by atoms with E-state index in [0.29, 0.717) is 34.3 Å². The number of H-pyrrole nitrogens is 1. The van der Waals surface area contributed by atoms with Gasteiger partial charge in [-0.25, -0.2) is 0 Å². The molecular formula is C23H32N4O2S. The van der Waals surface area contributed by atoms with Gasteiger partial charge >= 0.3 is 0 Å². The van der Waals surface area contributed by atoms with Crippen LogP contribution in [0.3, 0.4) is 0 Å². The van der Waals surface area contributed by atoms with Crippen LogP contribution >= 0.6 is 12.2 Å². The Morgan fingerprint density at radius 2 is 1.83 bits per heavy atom. The fraction of sp³-hybridized carbons (Fsp3) is 0.609. The molecule has 0 bridgehead atoms. The van der Waals surface area contributed by atoms with Crippen molar-refractivity contribution in [1.29, 1.82) is 0 Å². The summed E-state index contributed by atoms with van der Waals surface area (Å²) in [6, 6.07) is 5.21. The summed E-state index contributed by atoms with van der Waals surface area (Å²) >= 11 is 5.30. The van der Waals surface area contributed by atoms with Gasteiger partial charge in [0.2, 0.25) is 0 Å². The Kier molecular flexibility index (Phi) is 6.39. The zero-order valence-corrected chi connectivity index (χ0v) is 18.7. The van der Waals surface area contributed by atoms with E-state index in [0.717, 1.165) is 25.9 Å². The average Bonchev–Trinajstić information content (AvgIpc) is 2.78. The monoisotopic (exact) mass is 428 g/mol. The van der Waals surface area contributed by atoms with Gasteiger partial charge in [0.25, 0.3) is 11.5 Å². The molecule has 30 heavy (non-hydrogen) atoms. The highest BCUT2D eigenvalue weighted by molar-refractivity contribution is 7.71. The Morgan fingerprint density at radius 1 is 1.13 bits per heavy atom. The van der Waals surface area contributed by atoms with Crippen molar-refractivity contribution in [2.75, 3.05) is 19.6 Å². The summed E-state index contributed by atoms with van der Waals surface area (Å²) in [5.74, 6) is -0.0853. The lowest BCUT2D eigenvalue weighted by Crippen LogP contribution is -2.58. The number of hydrogen-bond donors (Lipinski definition) is 2. The summed E-state index contributed by atoms with van der Waals surface area (Å²) in [4.78, 5) is 31.3. The van der Waals surface area contributed by atoms with Crippen LogP contribution in [0.4, 0.5) is 0 Å². The molecule has 2 N–H and O–H groups in total. The summed E-state index contributed by atoms with van der Waals surface area (Å²) < 4.78 is 1.92. The Bertz CT molecular complexity index is 1030. The Labute approximate surface area is 182 Å². The van der Waals surface area contributed by atoms with E-state index in [1.54, 1.807) is 18.2 Å². The number of benzene rings is 1. The number of fused-ring (bicyclic) bond motifs is 1. The highest BCUT2D eigenvalue weighted by Gasteiger charge is 2.38. The van der Waals surface area contributed by atoms with Gasteiger partial charge in [-0.2, -0.15) is 0 Å². The summed E-state index contributed by atoms with van der Waals surface area (Å²) in [7, 11) is 0. The second kappa shape index (κ2) is 9.02. The number of nitrogens with zero attached hydrogens (tertiary/aromatic N) is 2. The highest BCUT2D eigenvalue weighted by atomic mass is 32.1. The Morgan fingerprint density at radius 3 is 2.53 bits per heavy atom. The third-order valence-electron chi connectivity index (χ3n) is 6.95. The normalized spacial score (nSPS) is 19.6. The van der Waals surface area contributed by atoms with Crippen LogP contribution in [0, 0.1) is 4.77 Å². The van der Waals surface area contributed by atoms with Crippen LogP contribution in [-0.4, -0.2) is 45.5 Å². The van der Waals surface area contributed by atoms with Gasteiger partial charge in [-0.1, -0.05) is 25.7 Å². The Balaban J connectivity index is 1.54. The van der Waals surface area contributed by atoms with Gasteiger partial charge < -0.3 is 10.3 Å². The minimum atomic E-state index is -0.116. The SMILES string of the molecule is CCn1c(=S)[nH]c2cc(C(=O)NCC3(N4CCCCC4)CCCCC3)ccc2c1=O. The van der Waals surface area contributed by atoms with Crippen molar-refractivity contribution in [3.8, 4) is 0 Å². The first-order valence-electron chi connectivity index (χ1n) is 11.3. The number of amides is 1. The van der Waals surface area contributed by atoms with Crippen LogP contribution in [0.25, 0.3) is 10.9 Å². The van der Waals surface area contributed by atoms with Gasteiger partial charge in [-0.15, -0.1) is 0 Å². The van der Waals surface area contributed by atoms with E-state index < -0.39 is 0 Å². The second-order valence-electron chi connectivity index (χ2n) is 8.76. The molecule has 1 saturated heterocycles. The fourth-order valence-corrected chi connectivity index (χ4v) is 5.53. The topological polar surface area (TPSA) is 70.1 Å². The van der Waals surface area contributed by atoms with Gasteiger partial charge in [0.1, 0.15) is 0 Å². The van der Waals surface area contributed by atoms with Crippen LogP contribution < -0.4 is 10.9 Å². The second-order valence-corrected chi connectivity index (χ2v) is 9.14. The van der Waals surface area contributed by atoms with Gasteiger partial charge in [-0.05, 0) is 76.1 Å². The van der Waals surface area contributed by atoms with Crippen LogP contribution in [-0.2, 0) is 6.54 Å². The van der Waals surface area contributed by atoms with Gasteiger partial charge in [-0.3, -0.25) is 19.1 Å². The molecule has 0 atom stereocenters. The van der Waals surface area contributed by atoms with Gasteiger partial charge in [0.15, 0.2) is 4.77 Å². The largest absolute Gasteiger partial charge is 0.350 e. The molecule has 1 aromatic heterocycles. The van der Waals surface area contributed by atoms with Crippen LogP contribution in [0.2, 0.25) is 0 Å². The van der Waals surface area contributed by atoms with E-state index >= 15 is 0 Å². The predicted molar refractivity (Wildman–Crippen MR) is 123 cm³/mol. The maximum absolute atomic E-state index is 13.0. The van der Waals surface area contributed by atoms with E-state index in [1.807, 2.05) is 6.92 Å². The van der Waals surface area contributed by atoms with E-state index in [1.165, 1.54) is 43.1 Å². The maximum Gasteiger partial charge on any atom is 0.262 e. The average molecular weight is 429 g/mol. The minimum absolute atomic E-state index is 0.0853. The van der Waals surface area contributed by atoms with Gasteiger partial charge in [0.05, 0.1) is 10.9 Å². The third kappa shape index (κ3) is 4.10. The van der Waals surface area contributed by atoms with Crippen LogP contribution in [0.15, 0.2) is 23.0 Å². The number of rotatable bonds is 5. The molecule has 7 heteroatoms. The molecule has 6 nitrogen and oxygen atoms in total. The number of likely N-dealkylation sites (tertiary alicyclic amines) is 1.